The molecule has 0 aromatic carbocycles. The summed E-state index contributed by atoms with van der Waals surface area (Å²) >= 11 is 0. The second-order valence-electron chi connectivity index (χ2n) is 3.70. The van der Waals surface area contributed by atoms with E-state index in [1.807, 2.05) is 0 Å². The highest BCUT2D eigenvalue weighted by Crippen LogP contribution is 2.17. The van der Waals surface area contributed by atoms with Gasteiger partial charge in [0.05, 0.1) is 0 Å². The fourth-order valence-electron chi connectivity index (χ4n) is 1.13. The topological polar surface area (TPSA) is 55.8 Å². The summed E-state index contributed by atoms with van der Waals surface area (Å²) in [5.41, 5.74) is 0. The molecule has 0 aromatic heterocycles. The van der Waals surface area contributed by atoms with E-state index in [4.69, 9.17) is 0 Å². The second-order valence-corrected chi connectivity index (χ2v) is 3.70. The van der Waals surface area contributed by atoms with E-state index in [9.17, 15) is 35.9 Å². The van der Waals surface area contributed by atoms with E-state index in [1.54, 1.807) is 6.92 Å². The Morgan fingerprint density at radius 2 is 1.19 bits per heavy atom. The monoisotopic (exact) mass is 325 g/mol. The minimum atomic E-state index is -5.10. The van der Waals surface area contributed by atoms with Crippen LogP contribution in [0.25, 0.3) is 0 Å². The highest BCUT2D eigenvalue weighted by molar-refractivity contribution is 5.75. The van der Waals surface area contributed by atoms with Gasteiger partial charge in [-0.05, 0) is 6.54 Å². The zero-order chi connectivity index (χ0) is 16.7. The SMILES string of the molecule is CCN(CCOC(=O)C(F)(F)F)CCOC(=O)C(F)(F)F. The van der Waals surface area contributed by atoms with Gasteiger partial charge in [0.15, 0.2) is 0 Å². The molecule has 0 unspecified atom stereocenters. The van der Waals surface area contributed by atoms with Gasteiger partial charge in [-0.1, -0.05) is 6.92 Å². The van der Waals surface area contributed by atoms with Gasteiger partial charge in [-0.15, -0.1) is 0 Å². The summed E-state index contributed by atoms with van der Waals surface area (Å²) < 4.78 is 78.7. The molecule has 0 aliphatic heterocycles. The van der Waals surface area contributed by atoms with Crippen LogP contribution in [0.4, 0.5) is 26.3 Å². The van der Waals surface area contributed by atoms with Crippen molar-refractivity contribution in [1.82, 2.24) is 4.90 Å². The van der Waals surface area contributed by atoms with Gasteiger partial charge in [0.25, 0.3) is 0 Å². The minimum absolute atomic E-state index is 0.137. The third-order valence-electron chi connectivity index (χ3n) is 2.19. The molecule has 0 radical (unpaired) electrons. The Balaban J connectivity index is 3.98. The maximum atomic E-state index is 11.8. The van der Waals surface area contributed by atoms with Crippen molar-refractivity contribution >= 4 is 11.9 Å². The van der Waals surface area contributed by atoms with Gasteiger partial charge in [0.2, 0.25) is 0 Å². The molecule has 0 spiro atoms. The highest BCUT2D eigenvalue weighted by Gasteiger charge is 2.41. The Morgan fingerprint density at radius 1 is 0.857 bits per heavy atom. The van der Waals surface area contributed by atoms with E-state index in [2.05, 4.69) is 9.47 Å². The van der Waals surface area contributed by atoms with Crippen molar-refractivity contribution < 1.29 is 45.4 Å². The lowest BCUT2D eigenvalue weighted by Crippen LogP contribution is -2.35. The number of carbonyl (C=O) groups is 2. The average molecular weight is 325 g/mol. The Labute approximate surface area is 115 Å². The molecule has 0 atom stereocenters. The number of nitrogens with zero attached hydrogens (tertiary/aromatic N) is 1. The van der Waals surface area contributed by atoms with Crippen molar-refractivity contribution in [2.24, 2.45) is 0 Å². The Morgan fingerprint density at radius 3 is 1.43 bits per heavy atom. The van der Waals surface area contributed by atoms with Gasteiger partial charge in [-0.3, -0.25) is 4.90 Å². The number of ether oxygens (including phenoxy) is 2. The average Bonchev–Trinajstić information content (AvgIpc) is 2.34. The van der Waals surface area contributed by atoms with Crippen LogP contribution in [0.5, 0.6) is 0 Å². The number of rotatable bonds is 7. The number of alkyl halides is 6. The first-order valence-electron chi connectivity index (χ1n) is 5.68. The molecule has 0 saturated carbocycles. The lowest BCUT2D eigenvalue weighted by molar-refractivity contribution is -0.201. The van der Waals surface area contributed by atoms with Gasteiger partial charge in [0, 0.05) is 13.1 Å². The predicted molar refractivity (Wildman–Crippen MR) is 56.1 cm³/mol. The summed E-state index contributed by atoms with van der Waals surface area (Å²) in [7, 11) is 0. The normalized spacial score (nSPS) is 12.4. The van der Waals surface area contributed by atoms with Gasteiger partial charge in [-0.2, -0.15) is 26.3 Å². The number of carbonyl (C=O) groups excluding carboxylic acids is 2. The molecule has 0 N–H and O–H groups in total. The Hall–Kier alpha value is -1.52. The number of hydrogen-bond donors (Lipinski definition) is 0. The standard InChI is InChI=1S/C10H13F6NO4/c1-2-17(3-5-20-7(18)9(11,12)13)4-6-21-8(19)10(14,15)16/h2-6H2,1H3. The molecular weight excluding hydrogens is 312 g/mol. The third-order valence-corrected chi connectivity index (χ3v) is 2.19. The van der Waals surface area contributed by atoms with E-state index >= 15 is 0 Å². The van der Waals surface area contributed by atoms with Crippen LogP contribution in [0.1, 0.15) is 6.92 Å². The van der Waals surface area contributed by atoms with Crippen LogP contribution >= 0.6 is 0 Å². The van der Waals surface area contributed by atoms with Crippen LogP contribution in [-0.2, 0) is 19.1 Å². The Kier molecular flexibility index (Phi) is 7.47. The van der Waals surface area contributed by atoms with Gasteiger partial charge >= 0.3 is 24.3 Å². The molecule has 0 fully saturated rings. The third kappa shape index (κ3) is 8.38. The summed E-state index contributed by atoms with van der Waals surface area (Å²) in [4.78, 5) is 22.1. The molecule has 0 aromatic rings. The van der Waals surface area contributed by atoms with Crippen LogP contribution < -0.4 is 0 Å². The maximum Gasteiger partial charge on any atom is 0.490 e. The van der Waals surface area contributed by atoms with Crippen LogP contribution in [0, 0.1) is 0 Å². The summed E-state index contributed by atoms with van der Waals surface area (Å²) in [6, 6.07) is 0. The molecule has 0 aliphatic carbocycles. The fraction of sp³-hybridized carbons (Fsp3) is 0.800. The molecule has 124 valence electrons. The largest absolute Gasteiger partial charge is 0.490 e. The zero-order valence-electron chi connectivity index (χ0n) is 10.9. The molecule has 0 amide bonds. The summed E-state index contributed by atoms with van der Waals surface area (Å²) in [5, 5.41) is 0. The first-order chi connectivity index (χ1) is 9.48. The molecule has 0 saturated heterocycles. The van der Waals surface area contributed by atoms with Crippen molar-refractivity contribution in [3.63, 3.8) is 0 Å². The molecule has 0 aliphatic rings. The predicted octanol–water partition coefficient (Wildman–Crippen LogP) is 1.52. The van der Waals surface area contributed by atoms with Gasteiger partial charge in [-0.25, -0.2) is 9.59 Å². The van der Waals surface area contributed by atoms with Crippen LogP contribution in [0.3, 0.4) is 0 Å². The van der Waals surface area contributed by atoms with Crippen LogP contribution in [0.2, 0.25) is 0 Å². The van der Waals surface area contributed by atoms with Crippen molar-refractivity contribution in [3.8, 4) is 0 Å². The summed E-state index contributed by atoms with van der Waals surface area (Å²) in [5.74, 6) is -4.69. The van der Waals surface area contributed by atoms with Crippen molar-refractivity contribution in [1.29, 1.82) is 0 Å². The molecule has 5 nitrogen and oxygen atoms in total. The Bertz CT molecular complexity index is 322. The molecule has 0 rings (SSSR count). The molecular formula is C10H13F6NO4. The number of likely N-dealkylation sites (N-methyl/N-ethyl adjacent to an activating group) is 1. The van der Waals surface area contributed by atoms with Gasteiger partial charge in [0.1, 0.15) is 13.2 Å². The number of halogens is 6. The first kappa shape index (κ1) is 19.5. The van der Waals surface area contributed by atoms with E-state index < -0.39 is 37.5 Å². The summed E-state index contributed by atoms with van der Waals surface area (Å²) in [6.07, 6.45) is -10.2. The van der Waals surface area contributed by atoms with Crippen molar-refractivity contribution in [2.45, 2.75) is 19.3 Å². The van der Waals surface area contributed by atoms with Crippen LogP contribution in [0.15, 0.2) is 0 Å². The highest BCUT2D eigenvalue weighted by atomic mass is 19.4. The zero-order valence-corrected chi connectivity index (χ0v) is 10.9. The summed E-state index contributed by atoms with van der Waals surface area (Å²) in [6.45, 7) is 0.396. The van der Waals surface area contributed by atoms with Gasteiger partial charge < -0.3 is 9.47 Å². The quantitative estimate of drug-likeness (QED) is 0.525. The maximum absolute atomic E-state index is 11.8. The fourth-order valence-corrected chi connectivity index (χ4v) is 1.13. The number of esters is 2. The van der Waals surface area contributed by atoms with E-state index in [1.165, 1.54) is 4.90 Å². The molecule has 21 heavy (non-hydrogen) atoms. The second kappa shape index (κ2) is 8.05. The smallest absolute Gasteiger partial charge is 0.458 e. The molecule has 0 bridgehead atoms. The van der Waals surface area contributed by atoms with Crippen molar-refractivity contribution in [2.75, 3.05) is 32.8 Å². The first-order valence-corrected chi connectivity index (χ1v) is 5.68. The van der Waals surface area contributed by atoms with E-state index in [0.717, 1.165) is 0 Å². The van der Waals surface area contributed by atoms with E-state index in [0.29, 0.717) is 0 Å². The van der Waals surface area contributed by atoms with E-state index in [-0.39, 0.29) is 19.6 Å². The lowest BCUT2D eigenvalue weighted by Gasteiger charge is -2.20. The number of hydrogen-bond acceptors (Lipinski definition) is 5. The van der Waals surface area contributed by atoms with Crippen LogP contribution in [-0.4, -0.2) is 62.0 Å². The molecule has 0 heterocycles. The van der Waals surface area contributed by atoms with Crippen molar-refractivity contribution in [3.05, 3.63) is 0 Å². The molecule has 11 heteroatoms. The lowest BCUT2D eigenvalue weighted by atomic mass is 10.4. The minimum Gasteiger partial charge on any atom is -0.458 e.